The van der Waals surface area contributed by atoms with Crippen molar-refractivity contribution in [1.29, 1.82) is 0 Å². The summed E-state index contributed by atoms with van der Waals surface area (Å²) in [6, 6.07) is 3.25. The summed E-state index contributed by atoms with van der Waals surface area (Å²) in [7, 11) is 0. The molecule has 20 heavy (non-hydrogen) atoms. The molecule has 2 N–H and O–H groups in total. The van der Waals surface area contributed by atoms with Crippen LogP contribution in [0.15, 0.2) is 40.8 Å². The number of carbonyl (C=O) groups excluding carboxylic acids is 1. The number of hydrogen-bond donors (Lipinski definition) is 1. The van der Waals surface area contributed by atoms with Crippen molar-refractivity contribution in [3.63, 3.8) is 0 Å². The third kappa shape index (κ3) is 3.23. The van der Waals surface area contributed by atoms with Crippen molar-refractivity contribution >= 4 is 17.7 Å². The smallest absolute Gasteiger partial charge is 0.366 e. The number of hydrogen-bond acceptors (Lipinski definition) is 5. The Bertz CT molecular complexity index is 633. The molecule has 2 aromatic heterocycles. The monoisotopic (exact) mass is 300 g/mol. The Kier molecular flexibility index (Phi) is 3.89. The van der Waals surface area contributed by atoms with Gasteiger partial charge < -0.3 is 5.73 Å². The Morgan fingerprint density at radius 3 is 2.40 bits per heavy atom. The van der Waals surface area contributed by atoms with Crippen molar-refractivity contribution in [2.75, 3.05) is 0 Å². The lowest BCUT2D eigenvalue weighted by Crippen LogP contribution is -2.16. The van der Waals surface area contributed by atoms with E-state index >= 15 is 0 Å². The van der Waals surface area contributed by atoms with Crippen LogP contribution >= 0.6 is 11.8 Å². The third-order valence-corrected chi connectivity index (χ3v) is 3.04. The van der Waals surface area contributed by atoms with Gasteiger partial charge in [-0.2, -0.15) is 13.2 Å². The van der Waals surface area contributed by atoms with E-state index in [4.69, 9.17) is 5.73 Å². The van der Waals surface area contributed by atoms with Crippen LogP contribution in [0.2, 0.25) is 0 Å². The Balaban J connectivity index is 2.45. The predicted molar refractivity (Wildman–Crippen MR) is 63.9 cm³/mol. The Labute approximate surface area is 115 Å². The van der Waals surface area contributed by atoms with Crippen molar-refractivity contribution in [3.05, 3.63) is 41.9 Å². The molecule has 0 atom stereocenters. The molecule has 0 fully saturated rings. The molecule has 5 nitrogen and oxygen atoms in total. The maximum Gasteiger partial charge on any atom is 0.433 e. The molecule has 0 aromatic carbocycles. The number of primary amides is 1. The molecule has 0 saturated carbocycles. The maximum atomic E-state index is 12.6. The average Bonchev–Trinajstić information content (AvgIpc) is 2.38. The fourth-order valence-corrected chi connectivity index (χ4v) is 2.11. The summed E-state index contributed by atoms with van der Waals surface area (Å²) in [5.74, 6) is -0.871. The molecule has 0 aliphatic carbocycles. The second-order valence-corrected chi connectivity index (χ2v) is 4.50. The minimum Gasteiger partial charge on any atom is -0.366 e. The van der Waals surface area contributed by atoms with E-state index in [-0.39, 0.29) is 15.7 Å². The quantitative estimate of drug-likeness (QED) is 0.878. The summed E-state index contributed by atoms with van der Waals surface area (Å²) in [4.78, 5) is 22.3. The molecule has 0 spiro atoms. The molecule has 2 rings (SSSR count). The van der Waals surface area contributed by atoms with Gasteiger partial charge in [0.1, 0.15) is 10.7 Å². The van der Waals surface area contributed by atoms with E-state index in [2.05, 4.69) is 15.0 Å². The highest BCUT2D eigenvalue weighted by molar-refractivity contribution is 7.99. The van der Waals surface area contributed by atoms with Crippen molar-refractivity contribution in [1.82, 2.24) is 15.0 Å². The summed E-state index contributed by atoms with van der Waals surface area (Å²) < 4.78 is 37.9. The molecule has 1 amide bonds. The number of nitrogens with two attached hydrogens (primary N) is 1. The van der Waals surface area contributed by atoms with Gasteiger partial charge in [0.05, 0.1) is 5.56 Å². The van der Waals surface area contributed by atoms with Crippen molar-refractivity contribution in [2.24, 2.45) is 5.73 Å². The van der Waals surface area contributed by atoms with Crippen LogP contribution in [0.1, 0.15) is 16.1 Å². The van der Waals surface area contributed by atoms with E-state index in [1.54, 1.807) is 6.07 Å². The van der Waals surface area contributed by atoms with E-state index in [0.717, 1.165) is 17.8 Å². The van der Waals surface area contributed by atoms with Gasteiger partial charge in [-0.15, -0.1) is 0 Å². The third-order valence-electron chi connectivity index (χ3n) is 2.15. The van der Waals surface area contributed by atoms with Gasteiger partial charge in [0, 0.05) is 12.4 Å². The van der Waals surface area contributed by atoms with Crippen molar-refractivity contribution in [3.8, 4) is 0 Å². The van der Waals surface area contributed by atoms with Crippen LogP contribution in [-0.4, -0.2) is 20.9 Å². The van der Waals surface area contributed by atoms with Crippen molar-refractivity contribution < 1.29 is 18.0 Å². The zero-order chi connectivity index (χ0) is 14.8. The van der Waals surface area contributed by atoms with Gasteiger partial charge in [-0.25, -0.2) is 15.0 Å². The van der Waals surface area contributed by atoms with E-state index < -0.39 is 17.8 Å². The van der Waals surface area contributed by atoms with Crippen LogP contribution in [0.4, 0.5) is 13.2 Å². The van der Waals surface area contributed by atoms with E-state index in [1.165, 1.54) is 12.4 Å². The summed E-state index contributed by atoms with van der Waals surface area (Å²) in [6.45, 7) is 0. The molecule has 104 valence electrons. The zero-order valence-electron chi connectivity index (χ0n) is 9.76. The first-order valence-corrected chi connectivity index (χ1v) is 6.02. The first kappa shape index (κ1) is 14.3. The highest BCUT2D eigenvalue weighted by atomic mass is 32.2. The molecule has 0 aliphatic heterocycles. The highest BCUT2D eigenvalue weighted by Gasteiger charge is 2.33. The second-order valence-electron chi connectivity index (χ2n) is 3.54. The Hall–Kier alpha value is -2.16. The van der Waals surface area contributed by atoms with Gasteiger partial charge in [-0.3, -0.25) is 4.79 Å². The molecule has 0 unspecified atom stereocenters. The normalized spacial score (nSPS) is 11.3. The topological polar surface area (TPSA) is 81.8 Å². The molecular formula is C11H7F3N4OS. The van der Waals surface area contributed by atoms with E-state index in [0.29, 0.717) is 6.07 Å². The van der Waals surface area contributed by atoms with Crippen LogP contribution in [0.25, 0.3) is 0 Å². The number of amides is 1. The molecule has 9 heteroatoms. The minimum atomic E-state index is -4.61. The summed E-state index contributed by atoms with van der Waals surface area (Å²) in [6.07, 6.45) is -1.76. The van der Waals surface area contributed by atoms with Crippen LogP contribution in [0.5, 0.6) is 0 Å². The van der Waals surface area contributed by atoms with Crippen LogP contribution < -0.4 is 5.73 Å². The first-order valence-electron chi connectivity index (χ1n) is 5.21. The molecule has 0 radical (unpaired) electrons. The number of alkyl halides is 3. The second kappa shape index (κ2) is 5.45. The van der Waals surface area contributed by atoms with Crippen LogP contribution in [0, 0.1) is 0 Å². The first-order chi connectivity index (χ1) is 9.38. The SMILES string of the molecule is NC(=O)c1ccc(C(F)(F)F)nc1Sc1ncccn1. The maximum absolute atomic E-state index is 12.6. The number of nitrogens with zero attached hydrogens (tertiary/aromatic N) is 3. The number of pyridine rings is 1. The number of rotatable bonds is 3. The molecular weight excluding hydrogens is 293 g/mol. The molecule has 0 saturated heterocycles. The van der Waals surface area contributed by atoms with Gasteiger partial charge in [-0.1, -0.05) is 0 Å². The number of halogens is 3. The summed E-state index contributed by atoms with van der Waals surface area (Å²) in [5, 5.41) is -0.0136. The molecule has 0 aliphatic rings. The number of aromatic nitrogens is 3. The molecule has 2 aromatic rings. The Morgan fingerprint density at radius 2 is 1.85 bits per heavy atom. The number of carbonyl (C=O) groups is 1. The molecule has 0 bridgehead atoms. The largest absolute Gasteiger partial charge is 0.433 e. The standard InChI is InChI=1S/C11H7F3N4OS/c12-11(13,14)7-3-2-6(8(15)19)9(18-7)20-10-16-4-1-5-17-10/h1-5H,(H2,15,19). The van der Waals surface area contributed by atoms with Crippen LogP contribution in [-0.2, 0) is 6.18 Å². The summed E-state index contributed by atoms with van der Waals surface area (Å²) >= 11 is 0.739. The van der Waals surface area contributed by atoms with Gasteiger partial charge in [-0.05, 0) is 30.0 Å². The van der Waals surface area contributed by atoms with Gasteiger partial charge in [0.2, 0.25) is 0 Å². The fourth-order valence-electron chi connectivity index (χ4n) is 1.29. The van der Waals surface area contributed by atoms with Crippen molar-refractivity contribution in [2.45, 2.75) is 16.4 Å². The lowest BCUT2D eigenvalue weighted by atomic mass is 10.2. The molecule has 2 heterocycles. The highest BCUT2D eigenvalue weighted by Crippen LogP contribution is 2.32. The summed E-state index contributed by atoms with van der Waals surface area (Å²) in [5.41, 5.74) is 3.89. The lowest BCUT2D eigenvalue weighted by molar-refractivity contribution is -0.141. The minimum absolute atomic E-state index is 0.115. The van der Waals surface area contributed by atoms with Gasteiger partial charge in [0.25, 0.3) is 5.91 Å². The zero-order valence-corrected chi connectivity index (χ0v) is 10.6. The van der Waals surface area contributed by atoms with Gasteiger partial charge in [0.15, 0.2) is 5.16 Å². The van der Waals surface area contributed by atoms with Gasteiger partial charge >= 0.3 is 6.18 Å². The lowest BCUT2D eigenvalue weighted by Gasteiger charge is -2.09. The fraction of sp³-hybridized carbons (Fsp3) is 0.0909. The predicted octanol–water partition coefficient (Wildman–Crippen LogP) is 2.14. The average molecular weight is 300 g/mol. The van der Waals surface area contributed by atoms with E-state index in [1.807, 2.05) is 0 Å². The van der Waals surface area contributed by atoms with Crippen LogP contribution in [0.3, 0.4) is 0 Å². The Morgan fingerprint density at radius 1 is 1.20 bits per heavy atom. The van der Waals surface area contributed by atoms with E-state index in [9.17, 15) is 18.0 Å².